The molecule has 0 rings (SSSR count). The van der Waals surface area contributed by atoms with Crippen molar-refractivity contribution < 1.29 is 5.11 Å². The van der Waals surface area contributed by atoms with Gasteiger partial charge in [0.1, 0.15) is 0 Å². The van der Waals surface area contributed by atoms with Crippen LogP contribution in [0.25, 0.3) is 0 Å². The highest BCUT2D eigenvalue weighted by Crippen LogP contribution is 2.08. The van der Waals surface area contributed by atoms with Gasteiger partial charge in [0.05, 0.1) is 5.60 Å². The molecular formula is C11H25NO. The van der Waals surface area contributed by atoms with E-state index in [2.05, 4.69) is 18.7 Å². The van der Waals surface area contributed by atoms with Crippen molar-refractivity contribution in [2.75, 3.05) is 19.6 Å². The minimum atomic E-state index is -0.514. The highest BCUT2D eigenvalue weighted by atomic mass is 16.3. The molecule has 0 aromatic rings. The molecule has 0 saturated heterocycles. The molecule has 80 valence electrons. The molecule has 0 saturated carbocycles. The molecule has 2 heteroatoms. The van der Waals surface area contributed by atoms with Gasteiger partial charge in [0.2, 0.25) is 0 Å². The molecule has 0 amide bonds. The van der Waals surface area contributed by atoms with E-state index in [9.17, 15) is 5.11 Å². The van der Waals surface area contributed by atoms with Crippen molar-refractivity contribution in [3.05, 3.63) is 0 Å². The van der Waals surface area contributed by atoms with Crippen LogP contribution >= 0.6 is 0 Å². The summed E-state index contributed by atoms with van der Waals surface area (Å²) in [6, 6.07) is 0. The first kappa shape index (κ1) is 12.9. The number of nitrogens with zero attached hydrogens (tertiary/aromatic N) is 1. The molecule has 0 aliphatic heterocycles. The summed E-state index contributed by atoms with van der Waals surface area (Å²) in [7, 11) is 0. The van der Waals surface area contributed by atoms with Gasteiger partial charge in [-0.05, 0) is 46.2 Å². The standard InChI is InChI=1S/C11H25NO/c1-5-8-12(9-6-2)10-7-11(3,4)13/h13H,5-10H2,1-4H3. The molecule has 0 unspecified atom stereocenters. The average molecular weight is 187 g/mol. The van der Waals surface area contributed by atoms with Crippen molar-refractivity contribution in [3.63, 3.8) is 0 Å². The van der Waals surface area contributed by atoms with E-state index >= 15 is 0 Å². The molecule has 0 fully saturated rings. The maximum Gasteiger partial charge on any atom is 0.0603 e. The number of rotatable bonds is 7. The lowest BCUT2D eigenvalue weighted by Crippen LogP contribution is -2.32. The summed E-state index contributed by atoms with van der Waals surface area (Å²) in [6.45, 7) is 11.5. The third kappa shape index (κ3) is 8.26. The molecule has 0 radical (unpaired) electrons. The van der Waals surface area contributed by atoms with Gasteiger partial charge >= 0.3 is 0 Å². The van der Waals surface area contributed by atoms with Crippen LogP contribution in [0.5, 0.6) is 0 Å². The predicted molar refractivity (Wildman–Crippen MR) is 57.9 cm³/mol. The molecule has 2 nitrogen and oxygen atoms in total. The smallest absolute Gasteiger partial charge is 0.0603 e. The zero-order valence-corrected chi connectivity index (χ0v) is 9.64. The third-order valence-electron chi connectivity index (χ3n) is 2.12. The Labute approximate surface area is 82.9 Å². The Hall–Kier alpha value is -0.0800. The van der Waals surface area contributed by atoms with Gasteiger partial charge < -0.3 is 10.0 Å². The first-order valence-corrected chi connectivity index (χ1v) is 5.44. The lowest BCUT2D eigenvalue weighted by molar-refractivity contribution is 0.0576. The Morgan fingerprint density at radius 1 is 1.00 bits per heavy atom. The van der Waals surface area contributed by atoms with Gasteiger partial charge in [0.15, 0.2) is 0 Å². The molecule has 0 atom stereocenters. The fourth-order valence-electron chi connectivity index (χ4n) is 1.40. The Morgan fingerprint density at radius 2 is 1.46 bits per heavy atom. The van der Waals surface area contributed by atoms with E-state index in [1.54, 1.807) is 0 Å². The van der Waals surface area contributed by atoms with Gasteiger partial charge in [0, 0.05) is 6.54 Å². The van der Waals surface area contributed by atoms with Gasteiger partial charge in [0.25, 0.3) is 0 Å². The van der Waals surface area contributed by atoms with Crippen molar-refractivity contribution in [1.29, 1.82) is 0 Å². The number of hydrogen-bond donors (Lipinski definition) is 1. The average Bonchev–Trinajstić information content (AvgIpc) is 2.00. The Balaban J connectivity index is 3.68. The molecule has 0 aliphatic rings. The van der Waals surface area contributed by atoms with Crippen LogP contribution in [-0.2, 0) is 0 Å². The second-order valence-corrected chi connectivity index (χ2v) is 4.40. The van der Waals surface area contributed by atoms with E-state index in [-0.39, 0.29) is 0 Å². The van der Waals surface area contributed by atoms with Crippen LogP contribution in [0.4, 0.5) is 0 Å². The summed E-state index contributed by atoms with van der Waals surface area (Å²) in [5.74, 6) is 0. The minimum absolute atomic E-state index is 0.514. The van der Waals surface area contributed by atoms with E-state index in [0.717, 1.165) is 26.1 Å². The molecule has 0 aromatic carbocycles. The summed E-state index contributed by atoms with van der Waals surface area (Å²) in [6.07, 6.45) is 3.27. The summed E-state index contributed by atoms with van der Waals surface area (Å²) >= 11 is 0. The lowest BCUT2D eigenvalue weighted by Gasteiger charge is -2.25. The van der Waals surface area contributed by atoms with Crippen LogP contribution in [0, 0.1) is 0 Å². The van der Waals surface area contributed by atoms with E-state index in [1.807, 2.05) is 13.8 Å². The van der Waals surface area contributed by atoms with Gasteiger partial charge in [-0.25, -0.2) is 0 Å². The highest BCUT2D eigenvalue weighted by Gasteiger charge is 2.13. The van der Waals surface area contributed by atoms with E-state index < -0.39 is 5.60 Å². The van der Waals surface area contributed by atoms with Gasteiger partial charge in [-0.1, -0.05) is 13.8 Å². The third-order valence-corrected chi connectivity index (χ3v) is 2.12. The normalized spacial score (nSPS) is 12.5. The minimum Gasteiger partial charge on any atom is -0.390 e. The molecule has 0 bridgehead atoms. The van der Waals surface area contributed by atoms with E-state index in [4.69, 9.17) is 0 Å². The van der Waals surface area contributed by atoms with Crippen LogP contribution in [0.1, 0.15) is 47.0 Å². The quantitative estimate of drug-likeness (QED) is 0.661. The van der Waals surface area contributed by atoms with Crippen molar-refractivity contribution in [2.45, 2.75) is 52.6 Å². The van der Waals surface area contributed by atoms with Crippen LogP contribution in [0.15, 0.2) is 0 Å². The topological polar surface area (TPSA) is 23.5 Å². The summed E-state index contributed by atoms with van der Waals surface area (Å²) < 4.78 is 0. The fraction of sp³-hybridized carbons (Fsp3) is 1.00. The zero-order chi connectivity index (χ0) is 10.3. The first-order chi connectivity index (χ1) is 5.99. The summed E-state index contributed by atoms with van der Waals surface area (Å²) in [5.41, 5.74) is -0.514. The second kappa shape index (κ2) is 6.39. The number of hydrogen-bond acceptors (Lipinski definition) is 2. The summed E-state index contributed by atoms with van der Waals surface area (Å²) in [4.78, 5) is 2.43. The van der Waals surface area contributed by atoms with E-state index in [1.165, 1.54) is 12.8 Å². The number of aliphatic hydroxyl groups is 1. The van der Waals surface area contributed by atoms with Crippen molar-refractivity contribution in [1.82, 2.24) is 4.90 Å². The van der Waals surface area contributed by atoms with Crippen molar-refractivity contribution in [3.8, 4) is 0 Å². The predicted octanol–water partition coefficient (Wildman–Crippen LogP) is 2.27. The Morgan fingerprint density at radius 3 is 1.77 bits per heavy atom. The van der Waals surface area contributed by atoms with Crippen LogP contribution in [0.3, 0.4) is 0 Å². The molecule has 0 heterocycles. The maximum atomic E-state index is 9.58. The summed E-state index contributed by atoms with van der Waals surface area (Å²) in [5, 5.41) is 9.58. The molecular weight excluding hydrogens is 162 g/mol. The first-order valence-electron chi connectivity index (χ1n) is 5.44. The van der Waals surface area contributed by atoms with Crippen LogP contribution < -0.4 is 0 Å². The van der Waals surface area contributed by atoms with E-state index in [0.29, 0.717) is 0 Å². The Bertz CT molecular complexity index is 112. The molecule has 0 aromatic heterocycles. The monoisotopic (exact) mass is 187 g/mol. The fourth-order valence-corrected chi connectivity index (χ4v) is 1.40. The van der Waals surface area contributed by atoms with Crippen LogP contribution in [0.2, 0.25) is 0 Å². The van der Waals surface area contributed by atoms with Gasteiger partial charge in [-0.2, -0.15) is 0 Å². The highest BCUT2D eigenvalue weighted by molar-refractivity contribution is 4.68. The van der Waals surface area contributed by atoms with Crippen molar-refractivity contribution >= 4 is 0 Å². The van der Waals surface area contributed by atoms with Crippen LogP contribution in [-0.4, -0.2) is 35.2 Å². The SMILES string of the molecule is CCCN(CCC)CCC(C)(C)O. The Kier molecular flexibility index (Phi) is 6.35. The molecule has 0 aliphatic carbocycles. The van der Waals surface area contributed by atoms with Gasteiger partial charge in [-0.15, -0.1) is 0 Å². The zero-order valence-electron chi connectivity index (χ0n) is 9.64. The van der Waals surface area contributed by atoms with Crippen molar-refractivity contribution in [2.24, 2.45) is 0 Å². The molecule has 13 heavy (non-hydrogen) atoms. The maximum absolute atomic E-state index is 9.58. The van der Waals surface area contributed by atoms with Gasteiger partial charge in [-0.3, -0.25) is 0 Å². The second-order valence-electron chi connectivity index (χ2n) is 4.40. The lowest BCUT2D eigenvalue weighted by atomic mass is 10.1. The molecule has 1 N–H and O–H groups in total. The molecule has 0 spiro atoms. The largest absolute Gasteiger partial charge is 0.390 e.